The lowest BCUT2D eigenvalue weighted by Gasteiger charge is -2.26. The van der Waals surface area contributed by atoms with Crippen LogP contribution in [0.1, 0.15) is 0 Å². The first kappa shape index (κ1) is 12.3. The second kappa shape index (κ2) is 5.44. The van der Waals surface area contributed by atoms with Crippen LogP contribution >= 0.6 is 11.6 Å². The van der Waals surface area contributed by atoms with Crippen molar-refractivity contribution in [2.45, 2.75) is 6.54 Å². The highest BCUT2D eigenvalue weighted by molar-refractivity contribution is 6.32. The fraction of sp³-hybridized carbons (Fsp3) is 0.667. The van der Waals surface area contributed by atoms with Crippen molar-refractivity contribution < 1.29 is 4.92 Å². The van der Waals surface area contributed by atoms with Crippen LogP contribution < -0.4 is 5.32 Å². The molecule has 0 radical (unpaired) electrons. The van der Waals surface area contributed by atoms with Crippen molar-refractivity contribution in [3.63, 3.8) is 0 Å². The molecule has 1 aliphatic heterocycles. The van der Waals surface area contributed by atoms with Crippen LogP contribution in [0.2, 0.25) is 5.02 Å². The summed E-state index contributed by atoms with van der Waals surface area (Å²) in [4.78, 5) is 12.3. The maximum absolute atomic E-state index is 10.6. The summed E-state index contributed by atoms with van der Waals surface area (Å²) < 4.78 is 1.53. The molecule has 17 heavy (non-hydrogen) atoms. The van der Waals surface area contributed by atoms with E-state index in [1.54, 1.807) is 0 Å². The molecule has 2 heterocycles. The number of rotatable bonds is 4. The average molecular weight is 260 g/mol. The van der Waals surface area contributed by atoms with E-state index in [1.807, 2.05) is 0 Å². The summed E-state index contributed by atoms with van der Waals surface area (Å²) in [7, 11) is 0. The normalized spacial score (nSPS) is 17.2. The van der Waals surface area contributed by atoms with E-state index in [0.717, 1.165) is 32.7 Å². The molecule has 0 unspecified atom stereocenters. The first-order valence-electron chi connectivity index (χ1n) is 5.47. The first-order chi connectivity index (χ1) is 8.16. The molecule has 0 amide bonds. The molecule has 0 atom stereocenters. The largest absolute Gasteiger partial charge is 0.408 e. The summed E-state index contributed by atoms with van der Waals surface area (Å²) in [6, 6.07) is 0. The van der Waals surface area contributed by atoms with Crippen molar-refractivity contribution in [3.05, 3.63) is 21.3 Å². The number of hydrogen-bond donors (Lipinski definition) is 1. The molecule has 1 aromatic rings. The van der Waals surface area contributed by atoms with Crippen LogP contribution in [0.4, 0.5) is 5.82 Å². The fourth-order valence-corrected chi connectivity index (χ4v) is 2.02. The van der Waals surface area contributed by atoms with E-state index >= 15 is 0 Å². The lowest BCUT2D eigenvalue weighted by Crippen LogP contribution is -2.44. The van der Waals surface area contributed by atoms with Gasteiger partial charge >= 0.3 is 5.82 Å². The Morgan fingerprint density at radius 3 is 2.76 bits per heavy atom. The van der Waals surface area contributed by atoms with E-state index in [0.29, 0.717) is 6.54 Å². The maximum Gasteiger partial charge on any atom is 0.408 e. The number of hydrogen-bond acceptors (Lipinski definition) is 5. The third kappa shape index (κ3) is 3.15. The highest BCUT2D eigenvalue weighted by Crippen LogP contribution is 2.21. The summed E-state index contributed by atoms with van der Waals surface area (Å²) >= 11 is 5.71. The van der Waals surface area contributed by atoms with E-state index in [-0.39, 0.29) is 10.8 Å². The van der Waals surface area contributed by atoms with E-state index in [9.17, 15) is 10.1 Å². The van der Waals surface area contributed by atoms with Crippen LogP contribution in [-0.2, 0) is 6.54 Å². The van der Waals surface area contributed by atoms with Crippen LogP contribution in [0, 0.1) is 10.1 Å². The topological polar surface area (TPSA) is 76.2 Å². The van der Waals surface area contributed by atoms with Gasteiger partial charge in [0.15, 0.2) is 5.02 Å². The molecule has 0 spiro atoms. The number of nitrogens with one attached hydrogen (secondary N) is 1. The van der Waals surface area contributed by atoms with E-state index < -0.39 is 4.92 Å². The number of piperazine rings is 1. The summed E-state index contributed by atoms with van der Waals surface area (Å²) in [5.41, 5.74) is 0. The molecule has 94 valence electrons. The second-order valence-corrected chi connectivity index (χ2v) is 4.32. The van der Waals surface area contributed by atoms with Gasteiger partial charge in [-0.25, -0.2) is 0 Å². The highest BCUT2D eigenvalue weighted by atomic mass is 35.5. The molecule has 2 rings (SSSR count). The summed E-state index contributed by atoms with van der Waals surface area (Å²) in [5, 5.41) is 17.8. The number of halogens is 1. The summed E-state index contributed by atoms with van der Waals surface area (Å²) in [6.07, 6.45) is 1.50. The third-order valence-corrected chi connectivity index (χ3v) is 2.99. The number of aromatic nitrogens is 2. The van der Waals surface area contributed by atoms with Crippen molar-refractivity contribution in [2.24, 2.45) is 0 Å². The van der Waals surface area contributed by atoms with Gasteiger partial charge < -0.3 is 15.4 Å². The Kier molecular flexibility index (Phi) is 3.93. The Morgan fingerprint density at radius 2 is 2.18 bits per heavy atom. The fourth-order valence-electron chi connectivity index (χ4n) is 1.80. The van der Waals surface area contributed by atoms with Gasteiger partial charge in [0.25, 0.3) is 0 Å². The van der Waals surface area contributed by atoms with Crippen LogP contribution in [0.3, 0.4) is 0 Å². The Balaban J connectivity index is 1.90. The lowest BCUT2D eigenvalue weighted by atomic mass is 10.3. The van der Waals surface area contributed by atoms with Gasteiger partial charge in [-0.3, -0.25) is 4.90 Å². The quantitative estimate of drug-likeness (QED) is 0.624. The zero-order valence-corrected chi connectivity index (χ0v) is 10.1. The van der Waals surface area contributed by atoms with Gasteiger partial charge in [-0.05, 0) is 4.92 Å². The van der Waals surface area contributed by atoms with Crippen molar-refractivity contribution in [1.82, 2.24) is 20.0 Å². The predicted octanol–water partition coefficient (Wildman–Crippen LogP) is 0.350. The second-order valence-electron chi connectivity index (χ2n) is 3.91. The Morgan fingerprint density at radius 1 is 1.47 bits per heavy atom. The molecule has 1 aromatic heterocycles. The number of nitrogens with zero attached hydrogens (tertiary/aromatic N) is 4. The molecule has 8 heteroatoms. The third-order valence-electron chi connectivity index (χ3n) is 2.73. The molecule has 0 aliphatic carbocycles. The molecule has 0 saturated carbocycles. The monoisotopic (exact) mass is 259 g/mol. The van der Waals surface area contributed by atoms with Gasteiger partial charge in [-0.2, -0.15) is 4.68 Å². The van der Waals surface area contributed by atoms with Gasteiger partial charge in [0.1, 0.15) is 0 Å². The zero-order valence-electron chi connectivity index (χ0n) is 9.30. The van der Waals surface area contributed by atoms with E-state index in [1.165, 1.54) is 10.9 Å². The van der Waals surface area contributed by atoms with Gasteiger partial charge in [0.05, 0.1) is 17.8 Å². The first-order valence-corrected chi connectivity index (χ1v) is 5.85. The predicted molar refractivity (Wildman–Crippen MR) is 63.2 cm³/mol. The minimum absolute atomic E-state index is 0.0929. The molecular formula is C9H14ClN5O2. The molecule has 1 N–H and O–H groups in total. The zero-order chi connectivity index (χ0) is 12.3. The SMILES string of the molecule is O=[N+]([O-])c1nn(CCN2CCNCC2)cc1Cl. The van der Waals surface area contributed by atoms with Crippen molar-refractivity contribution >= 4 is 17.4 Å². The van der Waals surface area contributed by atoms with Crippen LogP contribution in [-0.4, -0.2) is 52.3 Å². The summed E-state index contributed by atoms with van der Waals surface area (Å²) in [5.74, 6) is -0.271. The molecule has 1 fully saturated rings. The lowest BCUT2D eigenvalue weighted by molar-refractivity contribution is -0.389. The van der Waals surface area contributed by atoms with Gasteiger partial charge in [0, 0.05) is 32.7 Å². The van der Waals surface area contributed by atoms with Crippen molar-refractivity contribution in [3.8, 4) is 0 Å². The Hall–Kier alpha value is -1.18. The smallest absolute Gasteiger partial charge is 0.358 e. The molecule has 7 nitrogen and oxygen atoms in total. The van der Waals surface area contributed by atoms with E-state index in [4.69, 9.17) is 11.6 Å². The van der Waals surface area contributed by atoms with E-state index in [2.05, 4.69) is 15.3 Å². The Labute approximate surface area is 103 Å². The standard InChI is InChI=1S/C9H14ClN5O2/c10-8-7-14(12-9(8)15(16)17)6-5-13-3-1-11-2-4-13/h7,11H,1-6H2. The molecule has 1 saturated heterocycles. The van der Waals surface area contributed by atoms with Crippen molar-refractivity contribution in [1.29, 1.82) is 0 Å². The minimum atomic E-state index is -0.566. The van der Waals surface area contributed by atoms with Crippen LogP contribution in [0.5, 0.6) is 0 Å². The highest BCUT2D eigenvalue weighted by Gasteiger charge is 2.19. The number of nitro groups is 1. The molecule has 1 aliphatic rings. The van der Waals surface area contributed by atoms with Crippen LogP contribution in [0.25, 0.3) is 0 Å². The molecular weight excluding hydrogens is 246 g/mol. The van der Waals surface area contributed by atoms with Gasteiger partial charge in [0.2, 0.25) is 0 Å². The van der Waals surface area contributed by atoms with Crippen molar-refractivity contribution in [2.75, 3.05) is 32.7 Å². The minimum Gasteiger partial charge on any atom is -0.358 e. The molecule has 0 aromatic carbocycles. The maximum atomic E-state index is 10.6. The average Bonchev–Trinajstić information content (AvgIpc) is 2.69. The van der Waals surface area contributed by atoms with Crippen LogP contribution in [0.15, 0.2) is 6.20 Å². The van der Waals surface area contributed by atoms with Gasteiger partial charge in [-0.15, -0.1) is 0 Å². The van der Waals surface area contributed by atoms with Gasteiger partial charge in [-0.1, -0.05) is 11.6 Å². The molecule has 0 bridgehead atoms. The summed E-state index contributed by atoms with van der Waals surface area (Å²) in [6.45, 7) is 5.42. The Bertz CT molecular complexity index is 402.